The summed E-state index contributed by atoms with van der Waals surface area (Å²) in [6, 6.07) is 6.77. The molecule has 0 radical (unpaired) electrons. The van der Waals surface area contributed by atoms with Gasteiger partial charge in [-0.2, -0.15) is 0 Å². The van der Waals surface area contributed by atoms with E-state index in [9.17, 15) is 4.79 Å². The molecular weight excluding hydrogens is 202 g/mol. The average Bonchev–Trinajstić information content (AvgIpc) is 2.17. The lowest BCUT2D eigenvalue weighted by Crippen LogP contribution is -2.33. The van der Waals surface area contributed by atoms with Crippen molar-refractivity contribution in [3.05, 3.63) is 34.9 Å². The summed E-state index contributed by atoms with van der Waals surface area (Å²) >= 11 is 5.69. The SMILES string of the molecule is N=CNC(=O)NCc1ccc(Cl)cc1. The number of carbonyl (C=O) groups is 1. The van der Waals surface area contributed by atoms with Crippen LogP contribution in [0.2, 0.25) is 5.02 Å². The van der Waals surface area contributed by atoms with Crippen molar-refractivity contribution in [2.24, 2.45) is 0 Å². The molecule has 4 nitrogen and oxygen atoms in total. The molecule has 0 aromatic heterocycles. The van der Waals surface area contributed by atoms with Gasteiger partial charge in [-0.05, 0) is 17.7 Å². The summed E-state index contributed by atoms with van der Waals surface area (Å²) < 4.78 is 0. The molecule has 0 aliphatic carbocycles. The minimum atomic E-state index is -0.394. The number of hydrogen-bond donors (Lipinski definition) is 3. The molecule has 0 unspecified atom stereocenters. The lowest BCUT2D eigenvalue weighted by Gasteiger charge is -2.03. The van der Waals surface area contributed by atoms with Crippen LogP contribution in [0.15, 0.2) is 24.3 Å². The minimum Gasteiger partial charge on any atom is -0.334 e. The Kier molecular flexibility index (Phi) is 3.94. The molecule has 74 valence electrons. The van der Waals surface area contributed by atoms with E-state index in [2.05, 4.69) is 10.6 Å². The normalized spacial score (nSPS) is 9.21. The van der Waals surface area contributed by atoms with E-state index in [-0.39, 0.29) is 0 Å². The predicted octanol–water partition coefficient (Wildman–Crippen LogP) is 1.75. The fourth-order valence-corrected chi connectivity index (χ4v) is 1.03. The molecule has 0 saturated heterocycles. The van der Waals surface area contributed by atoms with Crippen LogP contribution in [0.1, 0.15) is 5.56 Å². The van der Waals surface area contributed by atoms with Crippen molar-refractivity contribution in [3.63, 3.8) is 0 Å². The van der Waals surface area contributed by atoms with Crippen LogP contribution in [-0.2, 0) is 6.54 Å². The van der Waals surface area contributed by atoms with E-state index in [1.54, 1.807) is 12.1 Å². The zero-order valence-electron chi connectivity index (χ0n) is 7.38. The summed E-state index contributed by atoms with van der Waals surface area (Å²) in [5.74, 6) is 0. The molecule has 1 rings (SSSR count). The van der Waals surface area contributed by atoms with Crippen molar-refractivity contribution in [1.29, 1.82) is 5.41 Å². The Morgan fingerprint density at radius 2 is 2.07 bits per heavy atom. The molecule has 1 aromatic rings. The van der Waals surface area contributed by atoms with Gasteiger partial charge in [-0.3, -0.25) is 10.7 Å². The third-order valence-electron chi connectivity index (χ3n) is 1.57. The van der Waals surface area contributed by atoms with E-state index in [1.807, 2.05) is 12.1 Å². The van der Waals surface area contributed by atoms with Crippen LogP contribution in [0, 0.1) is 5.41 Å². The van der Waals surface area contributed by atoms with Crippen LogP contribution in [0.5, 0.6) is 0 Å². The zero-order chi connectivity index (χ0) is 10.4. The Morgan fingerprint density at radius 1 is 1.43 bits per heavy atom. The predicted molar refractivity (Wildman–Crippen MR) is 55.6 cm³/mol. The number of urea groups is 1. The quantitative estimate of drug-likeness (QED) is 0.518. The largest absolute Gasteiger partial charge is 0.334 e. The second-order valence-electron chi connectivity index (χ2n) is 2.60. The summed E-state index contributed by atoms with van der Waals surface area (Å²) in [6.45, 7) is 0.414. The molecule has 0 saturated carbocycles. The maximum atomic E-state index is 10.9. The first-order chi connectivity index (χ1) is 6.72. The van der Waals surface area contributed by atoms with Crippen molar-refractivity contribution >= 4 is 24.0 Å². The summed E-state index contributed by atoms with van der Waals surface area (Å²) in [5.41, 5.74) is 0.953. The fraction of sp³-hybridized carbons (Fsp3) is 0.111. The van der Waals surface area contributed by atoms with Gasteiger partial charge in [0.2, 0.25) is 0 Å². The molecule has 0 aliphatic rings. The molecule has 1 aromatic carbocycles. The van der Waals surface area contributed by atoms with Crippen molar-refractivity contribution in [2.45, 2.75) is 6.54 Å². The molecule has 0 fully saturated rings. The molecule has 14 heavy (non-hydrogen) atoms. The van der Waals surface area contributed by atoms with E-state index in [4.69, 9.17) is 17.0 Å². The standard InChI is InChI=1S/C9H10ClN3O/c10-8-3-1-7(2-4-8)5-12-9(14)13-6-11/h1-4,6H,5H2,(H3,11,12,13,14). The third kappa shape index (κ3) is 3.45. The maximum absolute atomic E-state index is 10.9. The molecule has 0 aliphatic heterocycles. The molecule has 2 amide bonds. The highest BCUT2D eigenvalue weighted by molar-refractivity contribution is 6.30. The number of rotatable bonds is 3. The van der Waals surface area contributed by atoms with Gasteiger partial charge in [-0.15, -0.1) is 0 Å². The van der Waals surface area contributed by atoms with E-state index in [1.165, 1.54) is 0 Å². The Morgan fingerprint density at radius 3 is 2.64 bits per heavy atom. The highest BCUT2D eigenvalue weighted by Crippen LogP contribution is 2.08. The van der Waals surface area contributed by atoms with Crippen LogP contribution in [0.4, 0.5) is 4.79 Å². The van der Waals surface area contributed by atoms with Crippen LogP contribution >= 0.6 is 11.6 Å². The van der Waals surface area contributed by atoms with Gasteiger partial charge in [0.15, 0.2) is 0 Å². The van der Waals surface area contributed by atoms with E-state index < -0.39 is 6.03 Å². The molecule has 0 heterocycles. The van der Waals surface area contributed by atoms with Gasteiger partial charge in [0.25, 0.3) is 0 Å². The highest BCUT2D eigenvalue weighted by Gasteiger charge is 1.97. The van der Waals surface area contributed by atoms with Crippen molar-refractivity contribution in [2.75, 3.05) is 0 Å². The van der Waals surface area contributed by atoms with Gasteiger partial charge >= 0.3 is 6.03 Å². The monoisotopic (exact) mass is 211 g/mol. The summed E-state index contributed by atoms with van der Waals surface area (Å²) in [7, 11) is 0. The summed E-state index contributed by atoms with van der Waals surface area (Å²) in [4.78, 5) is 10.9. The second-order valence-corrected chi connectivity index (χ2v) is 3.03. The summed E-state index contributed by atoms with van der Waals surface area (Å²) in [6.07, 6.45) is 0.831. The van der Waals surface area contributed by atoms with Gasteiger partial charge in [-0.25, -0.2) is 4.79 Å². The van der Waals surface area contributed by atoms with Crippen LogP contribution < -0.4 is 10.6 Å². The first-order valence-corrected chi connectivity index (χ1v) is 4.38. The van der Waals surface area contributed by atoms with Gasteiger partial charge in [0, 0.05) is 11.6 Å². The maximum Gasteiger partial charge on any atom is 0.320 e. The van der Waals surface area contributed by atoms with Crippen molar-refractivity contribution in [1.82, 2.24) is 10.6 Å². The van der Waals surface area contributed by atoms with Gasteiger partial charge in [0.05, 0.1) is 6.34 Å². The third-order valence-corrected chi connectivity index (χ3v) is 1.82. The van der Waals surface area contributed by atoms with Gasteiger partial charge in [-0.1, -0.05) is 23.7 Å². The highest BCUT2D eigenvalue weighted by atomic mass is 35.5. The van der Waals surface area contributed by atoms with E-state index in [0.29, 0.717) is 11.6 Å². The zero-order valence-corrected chi connectivity index (χ0v) is 8.14. The Balaban J connectivity index is 2.41. The lowest BCUT2D eigenvalue weighted by atomic mass is 10.2. The topological polar surface area (TPSA) is 65.0 Å². The molecule has 0 atom stereocenters. The first-order valence-electron chi connectivity index (χ1n) is 4.00. The fourth-order valence-electron chi connectivity index (χ4n) is 0.901. The van der Waals surface area contributed by atoms with Crippen molar-refractivity contribution in [3.8, 4) is 0 Å². The average molecular weight is 212 g/mol. The van der Waals surface area contributed by atoms with Crippen molar-refractivity contribution < 1.29 is 4.79 Å². The van der Waals surface area contributed by atoms with Crippen LogP contribution in [0.3, 0.4) is 0 Å². The minimum absolute atomic E-state index is 0.394. The Hall–Kier alpha value is -1.55. The molecule has 0 spiro atoms. The molecular formula is C9H10ClN3O. The number of amides is 2. The number of carbonyl (C=O) groups excluding carboxylic acids is 1. The number of halogens is 1. The lowest BCUT2D eigenvalue weighted by molar-refractivity contribution is 0.245. The van der Waals surface area contributed by atoms with Crippen LogP contribution in [0.25, 0.3) is 0 Å². The molecule has 5 heteroatoms. The van der Waals surface area contributed by atoms with Gasteiger partial charge in [0.1, 0.15) is 0 Å². The van der Waals surface area contributed by atoms with E-state index in [0.717, 1.165) is 11.9 Å². The molecule has 3 N–H and O–H groups in total. The van der Waals surface area contributed by atoms with E-state index >= 15 is 0 Å². The first kappa shape index (κ1) is 10.5. The smallest absolute Gasteiger partial charge is 0.320 e. The molecule has 0 bridgehead atoms. The second kappa shape index (κ2) is 5.24. The number of nitrogens with one attached hydrogen (secondary N) is 3. The number of hydrogen-bond acceptors (Lipinski definition) is 2. The Labute approximate surface area is 86.8 Å². The summed E-state index contributed by atoms with van der Waals surface area (Å²) in [5, 5.41) is 12.1. The van der Waals surface area contributed by atoms with Gasteiger partial charge < -0.3 is 5.32 Å². The Bertz CT molecular complexity index is 323. The van der Waals surface area contributed by atoms with Crippen LogP contribution in [-0.4, -0.2) is 12.4 Å². The number of benzene rings is 1.